The fraction of sp³-hybridized carbons (Fsp3) is 0.0351. The molecule has 0 radical (unpaired) electrons. The van der Waals surface area contributed by atoms with Crippen LogP contribution >= 0.6 is 0 Å². The number of para-hydroxylation sites is 1. The van der Waals surface area contributed by atoms with E-state index in [9.17, 15) is 0 Å². The van der Waals surface area contributed by atoms with Crippen LogP contribution in [0.25, 0.3) is 66.3 Å². The second-order valence-corrected chi connectivity index (χ2v) is 16.1. The number of pyridine rings is 1. The van der Waals surface area contributed by atoms with Crippen LogP contribution in [0.2, 0.25) is 0 Å². The summed E-state index contributed by atoms with van der Waals surface area (Å²) >= 11 is 0. The van der Waals surface area contributed by atoms with Crippen molar-refractivity contribution in [3.8, 4) is 44.6 Å². The maximum Gasteiger partial charge on any atom is 0.0726 e. The van der Waals surface area contributed by atoms with E-state index in [4.69, 9.17) is 4.98 Å². The lowest BCUT2D eigenvalue weighted by Crippen LogP contribution is -2.44. The van der Waals surface area contributed by atoms with Crippen molar-refractivity contribution in [2.45, 2.75) is 10.8 Å². The second-order valence-electron chi connectivity index (χ2n) is 16.1. The number of aromatic nitrogens is 1. The summed E-state index contributed by atoms with van der Waals surface area (Å²) in [6.07, 6.45) is 0. The molecule has 9 aromatic carbocycles. The molecule has 0 fully saturated rings. The lowest BCUT2D eigenvalue weighted by molar-refractivity contribution is 0.634. The monoisotopic (exact) mass is 733 g/mol. The van der Waals surface area contributed by atoms with Gasteiger partial charge in [-0.05, 0) is 107 Å². The second kappa shape index (κ2) is 11.6. The van der Waals surface area contributed by atoms with Gasteiger partial charge in [0, 0.05) is 10.9 Å². The molecule has 1 nitrogen and oxygen atoms in total. The summed E-state index contributed by atoms with van der Waals surface area (Å²) in [6, 6.07) is 79.4. The Balaban J connectivity index is 1.22. The normalized spacial score (nSPS) is 14.5. The van der Waals surface area contributed by atoms with E-state index >= 15 is 0 Å². The molecule has 3 aliphatic rings. The van der Waals surface area contributed by atoms with E-state index in [0.717, 1.165) is 22.2 Å². The van der Waals surface area contributed by atoms with Crippen molar-refractivity contribution in [3.05, 3.63) is 257 Å². The van der Waals surface area contributed by atoms with Crippen LogP contribution in [-0.2, 0) is 10.8 Å². The van der Waals surface area contributed by atoms with Crippen LogP contribution in [0.15, 0.2) is 212 Å². The summed E-state index contributed by atoms with van der Waals surface area (Å²) in [7, 11) is 0. The van der Waals surface area contributed by atoms with Gasteiger partial charge in [0.25, 0.3) is 0 Å². The lowest BCUT2D eigenvalue weighted by atomic mass is 9.51. The van der Waals surface area contributed by atoms with Gasteiger partial charge < -0.3 is 0 Å². The zero-order chi connectivity index (χ0) is 38.0. The Labute approximate surface area is 337 Å². The van der Waals surface area contributed by atoms with Gasteiger partial charge in [0.05, 0.1) is 22.0 Å². The van der Waals surface area contributed by atoms with E-state index in [1.165, 1.54) is 88.7 Å². The van der Waals surface area contributed by atoms with Gasteiger partial charge in [0.2, 0.25) is 0 Å². The Morgan fingerprint density at radius 2 is 0.759 bits per heavy atom. The average Bonchev–Trinajstić information content (AvgIpc) is 3.76. The van der Waals surface area contributed by atoms with Crippen LogP contribution in [0.4, 0.5) is 0 Å². The van der Waals surface area contributed by atoms with Gasteiger partial charge in [-0.15, -0.1) is 0 Å². The molecular weight excluding hydrogens is 699 g/mol. The lowest BCUT2D eigenvalue weighted by Gasteiger charge is -2.49. The number of rotatable bonds is 2. The van der Waals surface area contributed by atoms with Crippen molar-refractivity contribution in [2.24, 2.45) is 0 Å². The quantitative estimate of drug-likeness (QED) is 0.172. The third-order valence-corrected chi connectivity index (χ3v) is 13.5. The number of fused-ring (bicyclic) bond motifs is 18. The highest BCUT2D eigenvalue weighted by atomic mass is 14.7. The molecule has 0 saturated heterocycles. The van der Waals surface area contributed by atoms with E-state index in [2.05, 4.69) is 212 Å². The van der Waals surface area contributed by atoms with Crippen LogP contribution in [-0.4, -0.2) is 4.98 Å². The molecule has 2 spiro atoms. The Hall–Kier alpha value is -7.35. The molecule has 13 rings (SSSR count). The highest BCUT2D eigenvalue weighted by molar-refractivity contribution is 6.01. The molecule has 0 bridgehead atoms. The summed E-state index contributed by atoms with van der Waals surface area (Å²) in [5.41, 5.74) is 20.1. The molecule has 1 aromatic heterocycles. The third-order valence-electron chi connectivity index (χ3n) is 13.5. The molecule has 0 aliphatic heterocycles. The molecular formula is C57H35N. The zero-order valence-electron chi connectivity index (χ0n) is 31.7. The van der Waals surface area contributed by atoms with E-state index in [-0.39, 0.29) is 0 Å². The van der Waals surface area contributed by atoms with Crippen LogP contribution in [0.1, 0.15) is 44.5 Å². The predicted molar refractivity (Wildman–Crippen MR) is 238 cm³/mol. The smallest absolute Gasteiger partial charge is 0.0726 e. The maximum absolute atomic E-state index is 5.63. The van der Waals surface area contributed by atoms with E-state index in [0.29, 0.717) is 0 Å². The number of benzene rings is 9. The third kappa shape index (κ3) is 3.88. The molecule has 0 amide bonds. The molecule has 1 heterocycles. The van der Waals surface area contributed by atoms with Gasteiger partial charge >= 0.3 is 0 Å². The van der Waals surface area contributed by atoms with Crippen LogP contribution < -0.4 is 0 Å². The highest BCUT2D eigenvalue weighted by Crippen LogP contribution is 2.68. The summed E-state index contributed by atoms with van der Waals surface area (Å²) in [5.74, 6) is 0. The van der Waals surface area contributed by atoms with Gasteiger partial charge in [-0.3, -0.25) is 0 Å². The molecule has 58 heavy (non-hydrogen) atoms. The maximum atomic E-state index is 5.63. The first kappa shape index (κ1) is 31.8. The minimum absolute atomic E-state index is 0.551. The van der Waals surface area contributed by atoms with Crippen LogP contribution in [0, 0.1) is 0 Å². The first-order valence-corrected chi connectivity index (χ1v) is 20.3. The highest BCUT2D eigenvalue weighted by Gasteiger charge is 2.59. The van der Waals surface area contributed by atoms with Crippen molar-refractivity contribution < 1.29 is 0 Å². The van der Waals surface area contributed by atoms with E-state index in [1.54, 1.807) is 0 Å². The Morgan fingerprint density at radius 1 is 0.293 bits per heavy atom. The van der Waals surface area contributed by atoms with Crippen molar-refractivity contribution in [1.82, 2.24) is 4.98 Å². The molecule has 3 aliphatic carbocycles. The number of hydrogen-bond acceptors (Lipinski definition) is 1. The summed E-state index contributed by atoms with van der Waals surface area (Å²) in [5, 5.41) is 3.62. The molecule has 0 saturated carbocycles. The minimum atomic E-state index is -0.607. The Bertz CT molecular complexity index is 3280. The van der Waals surface area contributed by atoms with Crippen molar-refractivity contribution in [1.29, 1.82) is 0 Å². The SMILES string of the molecule is c1ccc2c(c1)-c1ccccc1C21c2ccccc2C2(c3ccccc3-c3ccccc32)c2c(-c3cc(-c4ccc5ccccc5c4)c4ccccc4n3)cccc21. The molecule has 0 atom stereocenters. The van der Waals surface area contributed by atoms with Crippen molar-refractivity contribution in [3.63, 3.8) is 0 Å². The molecule has 1 heteroatoms. The van der Waals surface area contributed by atoms with Gasteiger partial charge in [0.15, 0.2) is 0 Å². The Morgan fingerprint density at radius 3 is 1.40 bits per heavy atom. The zero-order valence-corrected chi connectivity index (χ0v) is 31.7. The summed E-state index contributed by atoms with van der Waals surface area (Å²) < 4.78 is 0. The standard InChI is InChI=1S/C57H35N/c1-2-17-37-34-38(33-32-36(37)16-1)45-35-54(58-53-31-14-7-22-43(45)53)44-23-15-30-52-55(44)57(48-26-10-5-20-41(48)42-21-6-11-27-49(42)57)51-29-13-12-28-50(51)56(52)46-24-8-3-18-39(46)40-19-4-9-25-47(40)56/h1-35H. The molecule has 268 valence electrons. The summed E-state index contributed by atoms with van der Waals surface area (Å²) in [4.78, 5) is 5.63. The summed E-state index contributed by atoms with van der Waals surface area (Å²) in [6.45, 7) is 0. The predicted octanol–water partition coefficient (Wildman–Crippen LogP) is 13.8. The first-order valence-electron chi connectivity index (χ1n) is 20.3. The molecule has 0 unspecified atom stereocenters. The topological polar surface area (TPSA) is 12.9 Å². The van der Waals surface area contributed by atoms with Crippen LogP contribution in [0.5, 0.6) is 0 Å². The largest absolute Gasteiger partial charge is 0.248 e. The minimum Gasteiger partial charge on any atom is -0.248 e. The van der Waals surface area contributed by atoms with Gasteiger partial charge in [0.1, 0.15) is 0 Å². The van der Waals surface area contributed by atoms with Crippen LogP contribution in [0.3, 0.4) is 0 Å². The average molecular weight is 734 g/mol. The van der Waals surface area contributed by atoms with Gasteiger partial charge in [-0.1, -0.05) is 194 Å². The number of nitrogens with zero attached hydrogens (tertiary/aromatic N) is 1. The molecule has 0 N–H and O–H groups in total. The fourth-order valence-electron chi connectivity index (χ4n) is 11.4. The van der Waals surface area contributed by atoms with Crippen molar-refractivity contribution in [2.75, 3.05) is 0 Å². The Kier molecular flexibility index (Phi) is 6.36. The first-order chi connectivity index (χ1) is 28.8. The molecule has 10 aromatic rings. The van der Waals surface area contributed by atoms with Gasteiger partial charge in [-0.2, -0.15) is 0 Å². The van der Waals surface area contributed by atoms with Gasteiger partial charge in [-0.25, -0.2) is 4.98 Å². The van der Waals surface area contributed by atoms with E-state index < -0.39 is 10.8 Å². The number of hydrogen-bond donors (Lipinski definition) is 0. The van der Waals surface area contributed by atoms with E-state index in [1.807, 2.05) is 0 Å². The fourth-order valence-corrected chi connectivity index (χ4v) is 11.4. The van der Waals surface area contributed by atoms with Crippen molar-refractivity contribution >= 4 is 21.7 Å².